The summed E-state index contributed by atoms with van der Waals surface area (Å²) in [5.74, 6) is 0. The van der Waals surface area contributed by atoms with Crippen LogP contribution in [0.1, 0.15) is 55.7 Å². The fourth-order valence-electron chi connectivity index (χ4n) is 2.62. The molecule has 1 aliphatic carbocycles. The molecule has 0 fully saturated rings. The second-order valence-electron chi connectivity index (χ2n) is 5.33. The van der Waals surface area contributed by atoms with Gasteiger partial charge in [0.1, 0.15) is 0 Å². The minimum absolute atomic E-state index is 0.421. The molecule has 0 aromatic heterocycles. The topological polar surface area (TPSA) is 26.0 Å². The third-order valence-corrected chi connectivity index (χ3v) is 3.80. The van der Waals surface area contributed by atoms with Crippen molar-refractivity contribution in [1.29, 1.82) is 0 Å². The quantitative estimate of drug-likeness (QED) is 0.761. The van der Waals surface area contributed by atoms with Gasteiger partial charge < -0.3 is 5.73 Å². The summed E-state index contributed by atoms with van der Waals surface area (Å²) < 4.78 is 38.2. The fraction of sp³-hybridized carbons (Fsp3) is 0.500. The van der Waals surface area contributed by atoms with E-state index in [1.54, 1.807) is 6.07 Å². The van der Waals surface area contributed by atoms with Crippen molar-refractivity contribution in [1.82, 2.24) is 0 Å². The molecule has 1 unspecified atom stereocenters. The Labute approximate surface area is 117 Å². The molecule has 0 spiro atoms. The molecular formula is C16H20F3N. The maximum Gasteiger partial charge on any atom is 0.416 e. The van der Waals surface area contributed by atoms with Gasteiger partial charge >= 0.3 is 6.18 Å². The molecule has 1 aromatic carbocycles. The average molecular weight is 283 g/mol. The second-order valence-corrected chi connectivity index (χ2v) is 5.33. The summed E-state index contributed by atoms with van der Waals surface area (Å²) in [5.41, 5.74) is 7.16. The molecule has 2 rings (SSSR count). The lowest BCUT2D eigenvalue weighted by atomic mass is 9.91. The molecule has 0 saturated heterocycles. The standard InChI is InChI=1S/C16H20F3N/c17-16(18,19)14-10-6-9-13(11-14)15(20)12-7-4-2-1-3-5-8-12/h6-7,9-11,15H,1-5,8,20H2/b12-7+. The van der Waals surface area contributed by atoms with Crippen molar-refractivity contribution in [2.24, 2.45) is 5.73 Å². The molecule has 0 heterocycles. The number of halogens is 3. The van der Waals surface area contributed by atoms with Crippen LogP contribution in [-0.4, -0.2) is 0 Å². The Bertz CT molecular complexity index is 477. The summed E-state index contributed by atoms with van der Waals surface area (Å²) in [7, 11) is 0. The van der Waals surface area contributed by atoms with Gasteiger partial charge in [0.25, 0.3) is 0 Å². The molecule has 1 atom stereocenters. The fourth-order valence-corrected chi connectivity index (χ4v) is 2.62. The highest BCUT2D eigenvalue weighted by Crippen LogP contribution is 2.33. The first-order chi connectivity index (χ1) is 9.48. The Hall–Kier alpha value is -1.29. The molecular weight excluding hydrogens is 263 g/mol. The third-order valence-electron chi connectivity index (χ3n) is 3.80. The van der Waals surface area contributed by atoms with Gasteiger partial charge in [0.2, 0.25) is 0 Å². The summed E-state index contributed by atoms with van der Waals surface area (Å²) in [5, 5.41) is 0. The molecule has 1 nitrogen and oxygen atoms in total. The van der Waals surface area contributed by atoms with E-state index in [0.29, 0.717) is 5.56 Å². The van der Waals surface area contributed by atoms with Crippen molar-refractivity contribution in [3.8, 4) is 0 Å². The Kier molecular flexibility index (Phi) is 4.86. The number of hydrogen-bond acceptors (Lipinski definition) is 1. The summed E-state index contributed by atoms with van der Waals surface area (Å²) in [6, 6.07) is 4.95. The number of alkyl halides is 3. The molecule has 20 heavy (non-hydrogen) atoms. The predicted octanol–water partition coefficient (Wildman–Crippen LogP) is 4.99. The predicted molar refractivity (Wildman–Crippen MR) is 74.2 cm³/mol. The maximum atomic E-state index is 12.7. The Morgan fingerprint density at radius 2 is 1.80 bits per heavy atom. The van der Waals surface area contributed by atoms with Gasteiger partial charge in [-0.25, -0.2) is 0 Å². The zero-order valence-corrected chi connectivity index (χ0v) is 11.4. The highest BCUT2D eigenvalue weighted by Gasteiger charge is 2.30. The van der Waals surface area contributed by atoms with Gasteiger partial charge in [-0.15, -0.1) is 0 Å². The lowest BCUT2D eigenvalue weighted by Crippen LogP contribution is -2.15. The van der Waals surface area contributed by atoms with E-state index in [9.17, 15) is 13.2 Å². The molecule has 110 valence electrons. The van der Waals surface area contributed by atoms with E-state index >= 15 is 0 Å². The van der Waals surface area contributed by atoms with E-state index in [1.165, 1.54) is 25.0 Å². The SMILES string of the molecule is NC(/C1=C/CCCCCC1)c1cccc(C(F)(F)F)c1. The number of allylic oxidation sites excluding steroid dienone is 1. The maximum absolute atomic E-state index is 12.7. The Morgan fingerprint density at radius 1 is 1.05 bits per heavy atom. The minimum atomic E-state index is -4.31. The van der Waals surface area contributed by atoms with Gasteiger partial charge in [0.15, 0.2) is 0 Å². The van der Waals surface area contributed by atoms with E-state index in [1.807, 2.05) is 0 Å². The number of hydrogen-bond donors (Lipinski definition) is 1. The summed E-state index contributed by atoms with van der Waals surface area (Å²) >= 11 is 0. The first-order valence-corrected chi connectivity index (χ1v) is 7.10. The first-order valence-electron chi connectivity index (χ1n) is 7.10. The zero-order chi connectivity index (χ0) is 14.6. The molecule has 4 heteroatoms. The second kappa shape index (κ2) is 6.44. The van der Waals surface area contributed by atoms with Crippen molar-refractivity contribution >= 4 is 0 Å². The monoisotopic (exact) mass is 283 g/mol. The van der Waals surface area contributed by atoms with Crippen LogP contribution < -0.4 is 5.73 Å². The Balaban J connectivity index is 2.21. The van der Waals surface area contributed by atoms with Crippen LogP contribution in [0.2, 0.25) is 0 Å². The first kappa shape index (κ1) is 15.1. The lowest BCUT2D eigenvalue weighted by Gasteiger charge is -2.20. The normalized spacial score (nSPS) is 21.5. The van der Waals surface area contributed by atoms with Crippen molar-refractivity contribution in [2.45, 2.75) is 50.7 Å². The molecule has 2 N–H and O–H groups in total. The smallest absolute Gasteiger partial charge is 0.321 e. The molecule has 0 radical (unpaired) electrons. The van der Waals surface area contributed by atoms with Crippen molar-refractivity contribution in [2.75, 3.05) is 0 Å². The van der Waals surface area contributed by atoms with Crippen LogP contribution in [0.15, 0.2) is 35.9 Å². The number of benzene rings is 1. The molecule has 0 aliphatic heterocycles. The van der Waals surface area contributed by atoms with E-state index in [0.717, 1.165) is 37.3 Å². The van der Waals surface area contributed by atoms with Crippen molar-refractivity contribution in [3.05, 3.63) is 47.0 Å². The zero-order valence-electron chi connectivity index (χ0n) is 11.4. The van der Waals surface area contributed by atoms with Crippen molar-refractivity contribution in [3.63, 3.8) is 0 Å². The summed E-state index contributed by atoms with van der Waals surface area (Å²) in [6.45, 7) is 0. The van der Waals surface area contributed by atoms with Crippen LogP contribution in [0.5, 0.6) is 0 Å². The van der Waals surface area contributed by atoms with Gasteiger partial charge in [0, 0.05) is 0 Å². The highest BCUT2D eigenvalue weighted by atomic mass is 19.4. The van der Waals surface area contributed by atoms with Gasteiger partial charge in [-0.2, -0.15) is 13.2 Å². The van der Waals surface area contributed by atoms with Crippen LogP contribution >= 0.6 is 0 Å². The molecule has 1 aliphatic rings. The van der Waals surface area contributed by atoms with Crippen LogP contribution in [0.25, 0.3) is 0 Å². The van der Waals surface area contributed by atoms with Crippen molar-refractivity contribution < 1.29 is 13.2 Å². The van der Waals surface area contributed by atoms with Crippen LogP contribution in [-0.2, 0) is 6.18 Å². The van der Waals surface area contributed by atoms with Crippen LogP contribution in [0, 0.1) is 0 Å². The van der Waals surface area contributed by atoms with E-state index < -0.39 is 17.8 Å². The Morgan fingerprint density at radius 3 is 2.55 bits per heavy atom. The molecule has 1 aromatic rings. The minimum Gasteiger partial charge on any atom is -0.321 e. The van der Waals surface area contributed by atoms with Crippen LogP contribution in [0.3, 0.4) is 0 Å². The average Bonchev–Trinajstić information content (AvgIpc) is 2.37. The number of rotatable bonds is 2. The van der Waals surface area contributed by atoms with E-state index in [4.69, 9.17) is 5.73 Å². The third kappa shape index (κ3) is 3.85. The summed E-state index contributed by atoms with van der Waals surface area (Å²) in [6.07, 6.45) is 4.26. The number of nitrogens with two attached hydrogens (primary N) is 1. The lowest BCUT2D eigenvalue weighted by molar-refractivity contribution is -0.137. The van der Waals surface area contributed by atoms with Gasteiger partial charge in [-0.05, 0) is 43.4 Å². The summed E-state index contributed by atoms with van der Waals surface area (Å²) in [4.78, 5) is 0. The molecule has 0 bridgehead atoms. The van der Waals surface area contributed by atoms with E-state index in [2.05, 4.69) is 6.08 Å². The van der Waals surface area contributed by atoms with Gasteiger partial charge in [-0.3, -0.25) is 0 Å². The largest absolute Gasteiger partial charge is 0.416 e. The van der Waals surface area contributed by atoms with E-state index in [-0.39, 0.29) is 0 Å². The van der Waals surface area contributed by atoms with Gasteiger partial charge in [0.05, 0.1) is 11.6 Å². The highest BCUT2D eigenvalue weighted by molar-refractivity contribution is 5.32. The van der Waals surface area contributed by atoms with Crippen LogP contribution in [0.4, 0.5) is 13.2 Å². The molecule has 0 amide bonds. The van der Waals surface area contributed by atoms with Gasteiger partial charge in [-0.1, -0.05) is 36.6 Å². The molecule has 0 saturated carbocycles.